The first kappa shape index (κ1) is 25.6. The van der Waals surface area contributed by atoms with Crippen LogP contribution in [-0.4, -0.2) is 35.6 Å². The first-order valence-electron chi connectivity index (χ1n) is 13.3. The summed E-state index contributed by atoms with van der Waals surface area (Å²) in [5.74, 6) is 0.179. The summed E-state index contributed by atoms with van der Waals surface area (Å²) >= 11 is 6.39. The number of halogens is 1. The highest BCUT2D eigenvalue weighted by molar-refractivity contribution is 6.32. The lowest BCUT2D eigenvalue weighted by molar-refractivity contribution is -0.123. The summed E-state index contributed by atoms with van der Waals surface area (Å²) < 4.78 is 5.63. The molecule has 0 bridgehead atoms. The predicted molar refractivity (Wildman–Crippen MR) is 144 cm³/mol. The van der Waals surface area contributed by atoms with Gasteiger partial charge in [0.25, 0.3) is 0 Å². The van der Waals surface area contributed by atoms with E-state index in [2.05, 4.69) is 24.3 Å². The monoisotopic (exact) mass is 519 g/mol. The summed E-state index contributed by atoms with van der Waals surface area (Å²) in [6, 6.07) is 13.9. The Morgan fingerprint density at radius 2 is 1.86 bits per heavy atom. The quantitative estimate of drug-likeness (QED) is 0.420. The number of fused-ring (bicyclic) bond motifs is 2. The topological polar surface area (TPSA) is 73.6 Å². The molecule has 2 aromatic rings. The van der Waals surface area contributed by atoms with E-state index in [1.807, 2.05) is 26.8 Å². The highest BCUT2D eigenvalue weighted by Crippen LogP contribution is 2.54. The summed E-state index contributed by atoms with van der Waals surface area (Å²) in [6.07, 6.45) is 6.34. The molecule has 7 heteroatoms. The van der Waals surface area contributed by atoms with Crippen molar-refractivity contribution in [3.8, 4) is 6.07 Å². The third kappa shape index (κ3) is 4.59. The number of hydrogen-bond donors (Lipinski definition) is 0. The summed E-state index contributed by atoms with van der Waals surface area (Å²) in [6.45, 7) is 6.89. The van der Waals surface area contributed by atoms with Gasteiger partial charge >= 0.3 is 6.09 Å². The van der Waals surface area contributed by atoms with Gasteiger partial charge in [0.05, 0.1) is 27.4 Å². The molecule has 2 fully saturated rings. The first-order valence-corrected chi connectivity index (χ1v) is 13.7. The largest absolute Gasteiger partial charge is 0.444 e. The van der Waals surface area contributed by atoms with Gasteiger partial charge in [-0.1, -0.05) is 49.1 Å². The van der Waals surface area contributed by atoms with E-state index >= 15 is 0 Å². The fourth-order valence-electron chi connectivity index (χ4n) is 6.26. The number of nitrogens with zero attached hydrogens (tertiary/aromatic N) is 3. The molecule has 1 spiro atoms. The van der Waals surface area contributed by atoms with Crippen molar-refractivity contribution in [2.24, 2.45) is 0 Å². The van der Waals surface area contributed by atoms with Gasteiger partial charge in [0.15, 0.2) is 0 Å². The zero-order valence-electron chi connectivity index (χ0n) is 21.8. The number of likely N-dealkylation sites (tertiary alicyclic amines) is 1. The van der Waals surface area contributed by atoms with Crippen molar-refractivity contribution in [2.75, 3.05) is 18.0 Å². The van der Waals surface area contributed by atoms with Crippen LogP contribution < -0.4 is 4.90 Å². The number of carbonyl (C=O) groups excluding carboxylic acids is 2. The molecule has 5 rings (SSSR count). The Hall–Kier alpha value is -3.04. The number of carbonyl (C=O) groups is 2. The lowest BCUT2D eigenvalue weighted by atomic mass is 9.70. The molecule has 0 aromatic heterocycles. The molecule has 1 atom stereocenters. The standard InChI is InChI=1S/C30H34ClN3O3/c1-29(2,3)37-28(36)33-16-8-9-21(19-33)20-12-13-23-26(17-20)34(25-11-7-10-24(31)22(25)18-32)27(35)30(23)14-5-4-6-15-30/h7,10-13,17,21H,4-6,8-9,14-16,19H2,1-3H3. The van der Waals surface area contributed by atoms with E-state index in [4.69, 9.17) is 16.3 Å². The van der Waals surface area contributed by atoms with E-state index in [9.17, 15) is 14.9 Å². The first-order chi connectivity index (χ1) is 17.6. The lowest BCUT2D eigenvalue weighted by Crippen LogP contribution is -2.42. The van der Waals surface area contributed by atoms with Crippen molar-refractivity contribution >= 4 is 35.0 Å². The van der Waals surface area contributed by atoms with Gasteiger partial charge in [-0.3, -0.25) is 9.69 Å². The van der Waals surface area contributed by atoms with E-state index in [1.54, 1.807) is 21.9 Å². The van der Waals surface area contributed by atoms with Gasteiger partial charge in [-0.2, -0.15) is 5.26 Å². The molecule has 2 heterocycles. The van der Waals surface area contributed by atoms with Gasteiger partial charge in [0, 0.05) is 19.0 Å². The second-order valence-corrected chi connectivity index (χ2v) is 12.0. The molecule has 0 radical (unpaired) electrons. The molecule has 1 saturated heterocycles. The number of ether oxygens (including phenoxy) is 1. The van der Waals surface area contributed by atoms with Crippen molar-refractivity contribution in [1.29, 1.82) is 5.26 Å². The van der Waals surface area contributed by atoms with Crippen LogP contribution in [0.2, 0.25) is 5.02 Å². The van der Waals surface area contributed by atoms with Gasteiger partial charge < -0.3 is 9.64 Å². The zero-order valence-corrected chi connectivity index (χ0v) is 22.6. The number of nitriles is 1. The Kier molecular flexibility index (Phi) is 6.70. The normalized spacial score (nSPS) is 21.1. The van der Waals surface area contributed by atoms with Gasteiger partial charge in [-0.05, 0) is 75.8 Å². The van der Waals surface area contributed by atoms with Crippen molar-refractivity contribution in [1.82, 2.24) is 4.90 Å². The molecule has 3 aliphatic rings. The summed E-state index contributed by atoms with van der Waals surface area (Å²) in [7, 11) is 0. The molecule has 0 N–H and O–H groups in total. The zero-order chi connectivity index (χ0) is 26.4. The maximum absolute atomic E-state index is 14.2. The number of rotatable bonds is 2. The Labute approximate surface area is 224 Å². The molecule has 2 amide bonds. The third-order valence-corrected chi connectivity index (χ3v) is 8.30. The van der Waals surface area contributed by atoms with Crippen molar-refractivity contribution in [3.63, 3.8) is 0 Å². The highest BCUT2D eigenvalue weighted by atomic mass is 35.5. The van der Waals surface area contributed by atoms with E-state index in [0.29, 0.717) is 29.4 Å². The Morgan fingerprint density at radius 3 is 2.57 bits per heavy atom. The van der Waals surface area contributed by atoms with Crippen LogP contribution in [0, 0.1) is 11.3 Å². The average Bonchev–Trinajstić information content (AvgIpc) is 3.10. The molecule has 6 nitrogen and oxygen atoms in total. The smallest absolute Gasteiger partial charge is 0.410 e. The van der Waals surface area contributed by atoms with Gasteiger partial charge in [-0.15, -0.1) is 0 Å². The minimum atomic E-state index is -0.559. The fourth-order valence-corrected chi connectivity index (χ4v) is 6.47. The average molecular weight is 520 g/mol. The Bertz CT molecular complexity index is 1270. The second-order valence-electron chi connectivity index (χ2n) is 11.6. The SMILES string of the molecule is CC(C)(C)OC(=O)N1CCCC(c2ccc3c(c2)N(c2cccc(Cl)c2C#N)C(=O)C32CCCCC2)C1. The van der Waals surface area contributed by atoms with Crippen LogP contribution in [0.5, 0.6) is 0 Å². The number of anilines is 2. The lowest BCUT2D eigenvalue weighted by Gasteiger charge is -2.34. The molecule has 1 aliphatic carbocycles. The van der Waals surface area contributed by atoms with E-state index in [0.717, 1.165) is 61.8 Å². The van der Waals surface area contributed by atoms with Crippen molar-refractivity contribution < 1.29 is 14.3 Å². The second kappa shape index (κ2) is 9.68. The van der Waals surface area contributed by atoms with Crippen LogP contribution in [0.3, 0.4) is 0 Å². The maximum Gasteiger partial charge on any atom is 0.410 e. The highest BCUT2D eigenvalue weighted by Gasteiger charge is 2.52. The van der Waals surface area contributed by atoms with E-state index in [1.165, 1.54) is 0 Å². The molecule has 2 aliphatic heterocycles. The van der Waals surface area contributed by atoms with E-state index < -0.39 is 11.0 Å². The predicted octanol–water partition coefficient (Wildman–Crippen LogP) is 7.21. The van der Waals surface area contributed by atoms with Gasteiger partial charge in [0.1, 0.15) is 11.7 Å². The number of benzene rings is 2. The van der Waals surface area contributed by atoms with Gasteiger partial charge in [-0.25, -0.2) is 4.79 Å². The fraction of sp³-hybridized carbons (Fsp3) is 0.500. The summed E-state index contributed by atoms with van der Waals surface area (Å²) in [5.41, 5.74) is 2.74. The van der Waals surface area contributed by atoms with Crippen LogP contribution in [0.1, 0.15) is 88.3 Å². The molecule has 2 aromatic carbocycles. The summed E-state index contributed by atoms with van der Waals surface area (Å²) in [4.78, 5) is 30.5. The molecular weight excluding hydrogens is 486 g/mol. The van der Waals surface area contributed by atoms with E-state index in [-0.39, 0.29) is 17.9 Å². The molecule has 194 valence electrons. The number of hydrogen-bond acceptors (Lipinski definition) is 4. The van der Waals surface area contributed by atoms with Crippen LogP contribution in [0.4, 0.5) is 16.2 Å². The summed E-state index contributed by atoms with van der Waals surface area (Å²) in [5, 5.41) is 10.2. The van der Waals surface area contributed by atoms with Gasteiger partial charge in [0.2, 0.25) is 5.91 Å². The van der Waals surface area contributed by atoms with Crippen molar-refractivity contribution in [2.45, 2.75) is 82.7 Å². The Morgan fingerprint density at radius 1 is 1.11 bits per heavy atom. The van der Waals surface area contributed by atoms with Crippen LogP contribution in [0.25, 0.3) is 0 Å². The van der Waals surface area contributed by atoms with Crippen LogP contribution in [-0.2, 0) is 14.9 Å². The van der Waals surface area contributed by atoms with Crippen molar-refractivity contribution in [3.05, 3.63) is 58.1 Å². The third-order valence-electron chi connectivity index (χ3n) is 7.99. The number of piperidine rings is 1. The van der Waals surface area contributed by atoms with Crippen LogP contribution in [0.15, 0.2) is 36.4 Å². The minimum absolute atomic E-state index is 0.0390. The molecule has 1 saturated carbocycles. The Balaban J connectivity index is 1.55. The minimum Gasteiger partial charge on any atom is -0.444 e. The molecular formula is C30H34ClN3O3. The number of amides is 2. The van der Waals surface area contributed by atoms with Crippen LogP contribution >= 0.6 is 11.6 Å². The molecule has 37 heavy (non-hydrogen) atoms. The maximum atomic E-state index is 14.2. The molecule has 1 unspecified atom stereocenters.